The summed E-state index contributed by atoms with van der Waals surface area (Å²) in [5, 5.41) is 12.8. The molecule has 0 unspecified atom stereocenters. The number of likely N-dealkylation sites (tertiary alicyclic amines) is 1. The molecule has 2 aliphatic heterocycles. The molecule has 2 aliphatic rings. The second-order valence-electron chi connectivity index (χ2n) is 8.38. The van der Waals surface area contributed by atoms with E-state index in [1.165, 1.54) is 6.20 Å². The van der Waals surface area contributed by atoms with Crippen LogP contribution in [0.2, 0.25) is 0 Å². The molecule has 0 radical (unpaired) electrons. The van der Waals surface area contributed by atoms with Gasteiger partial charge in [0, 0.05) is 31.7 Å². The van der Waals surface area contributed by atoms with E-state index in [1.807, 2.05) is 6.07 Å². The van der Waals surface area contributed by atoms with Crippen LogP contribution in [0.4, 0.5) is 0 Å². The SMILES string of the molecule is Cl.N#Cc1ccc2ncc(=O)n(CCN3CCC(NCc4cc5c(cn4)OCCO5)CC3)c2c1. The first-order chi connectivity index (χ1) is 16.2. The molecule has 1 aromatic carbocycles. The molecule has 1 N–H and O–H groups in total. The fourth-order valence-electron chi connectivity index (χ4n) is 4.40. The van der Waals surface area contributed by atoms with Crippen molar-refractivity contribution in [3.63, 3.8) is 0 Å². The molecule has 4 heterocycles. The van der Waals surface area contributed by atoms with Crippen molar-refractivity contribution in [2.75, 3.05) is 32.8 Å². The quantitative estimate of drug-likeness (QED) is 0.569. The zero-order chi connectivity index (χ0) is 22.6. The molecule has 0 amide bonds. The molecular weight excluding hydrogens is 456 g/mol. The maximum atomic E-state index is 12.4. The van der Waals surface area contributed by atoms with Crippen molar-refractivity contribution in [1.82, 2.24) is 24.8 Å². The van der Waals surface area contributed by atoms with Crippen LogP contribution in [-0.4, -0.2) is 58.3 Å². The molecular formula is C24H27ClN6O3. The summed E-state index contributed by atoms with van der Waals surface area (Å²) in [4.78, 5) is 23.5. The summed E-state index contributed by atoms with van der Waals surface area (Å²) in [6.07, 6.45) is 5.17. The number of benzene rings is 1. The maximum Gasteiger partial charge on any atom is 0.269 e. The van der Waals surface area contributed by atoms with Gasteiger partial charge in [0.2, 0.25) is 0 Å². The zero-order valence-electron chi connectivity index (χ0n) is 18.8. The lowest BCUT2D eigenvalue weighted by Gasteiger charge is -2.32. The van der Waals surface area contributed by atoms with Crippen molar-refractivity contribution in [3.05, 3.63) is 58.3 Å². The fourth-order valence-corrected chi connectivity index (χ4v) is 4.40. The third-order valence-electron chi connectivity index (χ3n) is 6.26. The number of nitriles is 1. The van der Waals surface area contributed by atoms with Gasteiger partial charge in [0.05, 0.1) is 40.8 Å². The largest absolute Gasteiger partial charge is 0.486 e. The van der Waals surface area contributed by atoms with Crippen molar-refractivity contribution >= 4 is 23.4 Å². The van der Waals surface area contributed by atoms with Crippen LogP contribution in [0.3, 0.4) is 0 Å². The Morgan fingerprint density at radius 1 is 1.06 bits per heavy atom. The molecule has 34 heavy (non-hydrogen) atoms. The Morgan fingerprint density at radius 3 is 2.65 bits per heavy atom. The lowest BCUT2D eigenvalue weighted by Crippen LogP contribution is -2.43. The van der Waals surface area contributed by atoms with E-state index in [0.717, 1.165) is 49.4 Å². The van der Waals surface area contributed by atoms with E-state index in [9.17, 15) is 10.1 Å². The van der Waals surface area contributed by atoms with Gasteiger partial charge >= 0.3 is 0 Å². The van der Waals surface area contributed by atoms with E-state index < -0.39 is 0 Å². The van der Waals surface area contributed by atoms with Crippen LogP contribution in [0.1, 0.15) is 24.1 Å². The Bertz CT molecular complexity index is 1250. The van der Waals surface area contributed by atoms with Crippen LogP contribution in [0.5, 0.6) is 11.5 Å². The average molecular weight is 483 g/mol. The molecule has 10 heteroatoms. The fraction of sp³-hybridized carbons (Fsp3) is 0.417. The van der Waals surface area contributed by atoms with Crippen LogP contribution >= 0.6 is 12.4 Å². The van der Waals surface area contributed by atoms with Crippen molar-refractivity contribution in [2.24, 2.45) is 0 Å². The normalized spacial score (nSPS) is 16.1. The number of aromatic nitrogens is 3. The molecule has 0 bridgehead atoms. The number of hydrogen-bond donors (Lipinski definition) is 1. The lowest BCUT2D eigenvalue weighted by atomic mass is 10.0. The number of fused-ring (bicyclic) bond motifs is 2. The smallest absolute Gasteiger partial charge is 0.269 e. The highest BCUT2D eigenvalue weighted by Gasteiger charge is 2.20. The zero-order valence-corrected chi connectivity index (χ0v) is 19.6. The van der Waals surface area contributed by atoms with Gasteiger partial charge in [-0.05, 0) is 44.1 Å². The molecule has 0 aliphatic carbocycles. The van der Waals surface area contributed by atoms with Gasteiger partial charge < -0.3 is 24.3 Å². The first-order valence-corrected chi connectivity index (χ1v) is 11.3. The molecule has 1 saturated heterocycles. The molecule has 0 atom stereocenters. The standard InChI is InChI=1S/C24H26N6O3.ClH/c25-13-17-1-2-20-21(11-17)30(24(31)16-28-20)8-7-29-5-3-18(4-6-29)26-14-19-12-22-23(15-27-19)33-10-9-32-22;/h1-2,11-12,15-16,18,26H,3-10,14H2;1H. The summed E-state index contributed by atoms with van der Waals surface area (Å²) in [6, 6.07) is 9.77. The Hall–Kier alpha value is -3.19. The highest BCUT2D eigenvalue weighted by molar-refractivity contribution is 5.85. The maximum absolute atomic E-state index is 12.4. The first kappa shape index (κ1) is 24.0. The molecule has 5 rings (SSSR count). The third kappa shape index (κ3) is 5.30. The van der Waals surface area contributed by atoms with Gasteiger partial charge in [-0.2, -0.15) is 5.26 Å². The van der Waals surface area contributed by atoms with E-state index >= 15 is 0 Å². The van der Waals surface area contributed by atoms with E-state index in [-0.39, 0.29) is 18.0 Å². The summed E-state index contributed by atoms with van der Waals surface area (Å²) >= 11 is 0. The number of hydrogen-bond acceptors (Lipinski definition) is 8. The summed E-state index contributed by atoms with van der Waals surface area (Å²) in [5.74, 6) is 1.48. The summed E-state index contributed by atoms with van der Waals surface area (Å²) in [5.41, 5.74) is 2.78. The minimum Gasteiger partial charge on any atom is -0.486 e. The highest BCUT2D eigenvalue weighted by Crippen LogP contribution is 2.29. The van der Waals surface area contributed by atoms with Crippen LogP contribution < -0.4 is 20.3 Å². The van der Waals surface area contributed by atoms with Crippen molar-refractivity contribution in [1.29, 1.82) is 5.26 Å². The first-order valence-electron chi connectivity index (χ1n) is 11.3. The second-order valence-corrected chi connectivity index (χ2v) is 8.38. The van der Waals surface area contributed by atoms with E-state index in [2.05, 4.69) is 26.3 Å². The van der Waals surface area contributed by atoms with Crippen LogP contribution in [0.25, 0.3) is 11.0 Å². The number of nitrogens with one attached hydrogen (secondary N) is 1. The molecule has 9 nitrogen and oxygen atoms in total. The predicted octanol–water partition coefficient (Wildman–Crippen LogP) is 2.11. The van der Waals surface area contributed by atoms with Gasteiger partial charge in [-0.25, -0.2) is 4.98 Å². The van der Waals surface area contributed by atoms with Gasteiger partial charge in [0.25, 0.3) is 5.56 Å². The number of rotatable bonds is 6. The van der Waals surface area contributed by atoms with Crippen molar-refractivity contribution < 1.29 is 9.47 Å². The topological polar surface area (TPSA) is 105 Å². The molecule has 0 spiro atoms. The van der Waals surface area contributed by atoms with E-state index in [4.69, 9.17) is 9.47 Å². The van der Waals surface area contributed by atoms with Gasteiger partial charge in [-0.1, -0.05) is 0 Å². The van der Waals surface area contributed by atoms with Gasteiger partial charge in [-0.3, -0.25) is 9.78 Å². The van der Waals surface area contributed by atoms with Crippen LogP contribution in [-0.2, 0) is 13.1 Å². The Morgan fingerprint density at radius 2 is 1.85 bits per heavy atom. The molecule has 0 saturated carbocycles. The second kappa shape index (κ2) is 10.8. The Labute approximate surface area is 203 Å². The van der Waals surface area contributed by atoms with Crippen molar-refractivity contribution in [3.8, 4) is 17.6 Å². The number of nitrogens with zero attached hydrogens (tertiary/aromatic N) is 5. The van der Waals surface area contributed by atoms with Crippen molar-refractivity contribution in [2.45, 2.75) is 32.0 Å². The summed E-state index contributed by atoms with van der Waals surface area (Å²) in [6.45, 7) is 5.13. The highest BCUT2D eigenvalue weighted by atomic mass is 35.5. The van der Waals surface area contributed by atoms with E-state index in [1.54, 1.807) is 29.0 Å². The van der Waals surface area contributed by atoms with Crippen LogP contribution in [0.15, 0.2) is 41.5 Å². The molecule has 3 aromatic rings. The molecule has 1 fully saturated rings. The molecule has 178 valence electrons. The summed E-state index contributed by atoms with van der Waals surface area (Å²) < 4.78 is 12.9. The molecule has 2 aromatic heterocycles. The third-order valence-corrected chi connectivity index (χ3v) is 6.26. The van der Waals surface area contributed by atoms with Gasteiger partial charge in [0.1, 0.15) is 13.2 Å². The Kier molecular flexibility index (Phi) is 7.63. The predicted molar refractivity (Wildman–Crippen MR) is 129 cm³/mol. The monoisotopic (exact) mass is 482 g/mol. The minimum absolute atomic E-state index is 0. The Balaban J connectivity index is 0.00000274. The lowest BCUT2D eigenvalue weighted by molar-refractivity contribution is 0.170. The van der Waals surface area contributed by atoms with Gasteiger partial charge in [-0.15, -0.1) is 12.4 Å². The number of pyridine rings is 1. The number of halogens is 1. The van der Waals surface area contributed by atoms with E-state index in [0.29, 0.717) is 49.2 Å². The van der Waals surface area contributed by atoms with Gasteiger partial charge in [0.15, 0.2) is 11.5 Å². The minimum atomic E-state index is -0.138. The number of piperidine rings is 1. The number of ether oxygens (including phenoxy) is 2. The van der Waals surface area contributed by atoms with Crippen LogP contribution in [0, 0.1) is 11.3 Å². The average Bonchev–Trinajstić information content (AvgIpc) is 2.87. The summed E-state index contributed by atoms with van der Waals surface area (Å²) in [7, 11) is 0.